The molecule has 16 heavy (non-hydrogen) atoms. The van der Waals surface area contributed by atoms with Crippen molar-refractivity contribution in [1.29, 1.82) is 5.26 Å². The first-order chi connectivity index (χ1) is 7.70. The van der Waals surface area contributed by atoms with Crippen molar-refractivity contribution in [2.45, 2.75) is 31.2 Å². The molecule has 1 aromatic heterocycles. The van der Waals surface area contributed by atoms with Gasteiger partial charge in [0.15, 0.2) is 0 Å². The topological polar surface area (TPSA) is 53.8 Å². The van der Waals surface area contributed by atoms with Crippen molar-refractivity contribution in [3.8, 4) is 6.07 Å². The van der Waals surface area contributed by atoms with E-state index in [0.29, 0.717) is 16.3 Å². The molecule has 0 N–H and O–H groups in total. The highest BCUT2D eigenvalue weighted by Crippen LogP contribution is 2.27. The molecule has 0 saturated heterocycles. The number of nitrogens with zero attached hydrogens (tertiary/aromatic N) is 2. The number of Topliss-reactive ketones (excluding diaryl/α,β-unsaturated/α-hetero) is 1. The lowest BCUT2D eigenvalue weighted by molar-refractivity contribution is -0.114. The van der Waals surface area contributed by atoms with Crippen LogP contribution in [0.2, 0.25) is 0 Å². The van der Waals surface area contributed by atoms with Crippen LogP contribution in [-0.2, 0) is 17.6 Å². The second kappa shape index (κ2) is 4.67. The molecule has 0 atom stereocenters. The number of carbonyl (C=O) groups is 1. The quantitative estimate of drug-likeness (QED) is 0.749. The fourth-order valence-electron chi connectivity index (χ4n) is 1.81. The van der Waals surface area contributed by atoms with Crippen molar-refractivity contribution in [3.63, 3.8) is 0 Å². The molecule has 0 unspecified atom stereocenters. The van der Waals surface area contributed by atoms with Gasteiger partial charge in [-0.3, -0.25) is 4.79 Å². The summed E-state index contributed by atoms with van der Waals surface area (Å²) in [5.41, 5.74) is 2.90. The van der Waals surface area contributed by atoms with Crippen LogP contribution >= 0.6 is 11.8 Å². The van der Waals surface area contributed by atoms with Gasteiger partial charge in [-0.25, -0.2) is 4.98 Å². The van der Waals surface area contributed by atoms with E-state index < -0.39 is 0 Å². The Labute approximate surface area is 98.9 Å². The van der Waals surface area contributed by atoms with Gasteiger partial charge in [-0.15, -0.1) is 0 Å². The lowest BCUT2D eigenvalue weighted by Gasteiger charge is -2.05. The highest BCUT2D eigenvalue weighted by molar-refractivity contribution is 8.00. The maximum atomic E-state index is 10.9. The number of aromatic nitrogens is 1. The van der Waals surface area contributed by atoms with Gasteiger partial charge in [0.1, 0.15) is 16.9 Å². The summed E-state index contributed by atoms with van der Waals surface area (Å²) >= 11 is 1.36. The molecule has 0 radical (unpaired) electrons. The molecule has 0 amide bonds. The molecule has 1 aliphatic carbocycles. The third kappa shape index (κ3) is 2.25. The highest BCUT2D eigenvalue weighted by Gasteiger charge is 2.16. The molecular weight excluding hydrogens is 220 g/mol. The minimum absolute atomic E-state index is 0.108. The molecule has 0 spiro atoms. The van der Waals surface area contributed by atoms with Crippen molar-refractivity contribution in [2.75, 3.05) is 5.75 Å². The third-order valence-electron chi connectivity index (χ3n) is 2.55. The lowest BCUT2D eigenvalue weighted by Crippen LogP contribution is -1.98. The first-order valence-electron chi connectivity index (χ1n) is 5.26. The van der Waals surface area contributed by atoms with Crippen LogP contribution < -0.4 is 0 Å². The number of hydrogen-bond donors (Lipinski definition) is 0. The molecule has 0 saturated carbocycles. The van der Waals surface area contributed by atoms with Gasteiger partial charge in [0.25, 0.3) is 0 Å². The summed E-state index contributed by atoms with van der Waals surface area (Å²) in [5.74, 6) is 0.497. The smallest absolute Gasteiger partial charge is 0.140 e. The first kappa shape index (κ1) is 11.2. The predicted molar refractivity (Wildman–Crippen MR) is 62.4 cm³/mol. The summed E-state index contributed by atoms with van der Waals surface area (Å²) in [6.45, 7) is 1.55. The van der Waals surface area contributed by atoms with Crippen LogP contribution in [0.4, 0.5) is 0 Å². The van der Waals surface area contributed by atoms with Gasteiger partial charge in [-0.2, -0.15) is 5.26 Å². The van der Waals surface area contributed by atoms with E-state index in [-0.39, 0.29) is 5.78 Å². The van der Waals surface area contributed by atoms with Gasteiger partial charge >= 0.3 is 0 Å². The number of rotatable bonds is 3. The molecule has 1 heterocycles. The van der Waals surface area contributed by atoms with Gasteiger partial charge < -0.3 is 0 Å². The monoisotopic (exact) mass is 232 g/mol. The van der Waals surface area contributed by atoms with Gasteiger partial charge in [0, 0.05) is 5.69 Å². The highest BCUT2D eigenvalue weighted by atomic mass is 32.2. The van der Waals surface area contributed by atoms with Crippen molar-refractivity contribution in [3.05, 3.63) is 22.9 Å². The van der Waals surface area contributed by atoms with E-state index in [4.69, 9.17) is 5.26 Å². The van der Waals surface area contributed by atoms with E-state index >= 15 is 0 Å². The molecule has 4 heteroatoms. The molecule has 2 rings (SSSR count). The Kier molecular flexibility index (Phi) is 3.25. The van der Waals surface area contributed by atoms with Crippen LogP contribution in [0, 0.1) is 11.3 Å². The maximum Gasteiger partial charge on any atom is 0.140 e. The molecular formula is C12H12N2OS. The molecule has 0 aromatic carbocycles. The zero-order valence-electron chi connectivity index (χ0n) is 9.12. The number of fused-ring (bicyclic) bond motifs is 1. The SMILES string of the molecule is CC(=O)CSc1nc2c(cc1C#N)CCC2. The first-order valence-corrected chi connectivity index (χ1v) is 6.24. The Morgan fingerprint density at radius 1 is 1.62 bits per heavy atom. The minimum Gasteiger partial charge on any atom is -0.299 e. The van der Waals surface area contributed by atoms with E-state index in [0.717, 1.165) is 25.0 Å². The molecule has 1 aromatic rings. The predicted octanol–water partition coefficient (Wildman–Crippen LogP) is 2.12. The lowest BCUT2D eigenvalue weighted by atomic mass is 10.2. The van der Waals surface area contributed by atoms with Crippen molar-refractivity contribution in [1.82, 2.24) is 4.98 Å². The average molecular weight is 232 g/mol. The number of thioether (sulfide) groups is 1. The number of aryl methyl sites for hydroxylation is 2. The Morgan fingerprint density at radius 3 is 3.12 bits per heavy atom. The van der Waals surface area contributed by atoms with Crippen molar-refractivity contribution in [2.24, 2.45) is 0 Å². The van der Waals surface area contributed by atoms with Gasteiger partial charge in [-0.05, 0) is 37.8 Å². The summed E-state index contributed by atoms with van der Waals surface area (Å²) in [5, 5.41) is 9.73. The zero-order chi connectivity index (χ0) is 11.5. The van der Waals surface area contributed by atoms with Crippen molar-refractivity contribution >= 4 is 17.5 Å². The number of nitriles is 1. The van der Waals surface area contributed by atoms with E-state index in [1.165, 1.54) is 17.3 Å². The fraction of sp³-hybridized carbons (Fsp3) is 0.417. The van der Waals surface area contributed by atoms with Crippen LogP contribution in [0.5, 0.6) is 0 Å². The van der Waals surface area contributed by atoms with Gasteiger partial charge in [-0.1, -0.05) is 11.8 Å². The Balaban J connectivity index is 2.30. The van der Waals surface area contributed by atoms with Crippen LogP contribution in [0.3, 0.4) is 0 Å². The van der Waals surface area contributed by atoms with Crippen LogP contribution in [-0.4, -0.2) is 16.5 Å². The summed E-state index contributed by atoms with van der Waals surface area (Å²) in [7, 11) is 0. The average Bonchev–Trinajstić information content (AvgIpc) is 2.71. The minimum atomic E-state index is 0.108. The van der Waals surface area contributed by atoms with E-state index in [1.807, 2.05) is 6.07 Å². The Bertz CT molecular complexity index is 477. The van der Waals surface area contributed by atoms with Crippen LogP contribution in [0.15, 0.2) is 11.1 Å². The summed E-state index contributed by atoms with van der Waals surface area (Å²) in [6.07, 6.45) is 3.14. The van der Waals surface area contributed by atoms with Crippen molar-refractivity contribution < 1.29 is 4.79 Å². The van der Waals surface area contributed by atoms with E-state index in [2.05, 4.69) is 11.1 Å². The molecule has 0 fully saturated rings. The number of pyridine rings is 1. The Morgan fingerprint density at radius 2 is 2.44 bits per heavy atom. The normalized spacial score (nSPS) is 13.2. The number of carbonyl (C=O) groups excluding carboxylic acids is 1. The van der Waals surface area contributed by atoms with E-state index in [9.17, 15) is 4.79 Å². The van der Waals surface area contributed by atoms with Crippen LogP contribution in [0.1, 0.15) is 30.2 Å². The second-order valence-electron chi connectivity index (χ2n) is 3.90. The summed E-state index contributed by atoms with van der Waals surface area (Å²) in [6, 6.07) is 4.08. The van der Waals surface area contributed by atoms with E-state index in [1.54, 1.807) is 6.92 Å². The van der Waals surface area contributed by atoms with Gasteiger partial charge in [0.2, 0.25) is 0 Å². The molecule has 1 aliphatic rings. The second-order valence-corrected chi connectivity index (χ2v) is 4.87. The van der Waals surface area contributed by atoms with Crippen LogP contribution in [0.25, 0.3) is 0 Å². The number of hydrogen-bond acceptors (Lipinski definition) is 4. The maximum absolute atomic E-state index is 10.9. The number of ketones is 1. The van der Waals surface area contributed by atoms with Gasteiger partial charge in [0.05, 0.1) is 11.3 Å². The fourth-order valence-corrected chi connectivity index (χ4v) is 2.59. The molecule has 3 nitrogen and oxygen atoms in total. The largest absolute Gasteiger partial charge is 0.299 e. The molecule has 82 valence electrons. The standard InChI is InChI=1S/C12H12N2OS/c1-8(15)7-16-12-10(6-13)5-9-3-2-4-11(9)14-12/h5H,2-4,7H2,1H3. The Hall–Kier alpha value is -1.34. The summed E-state index contributed by atoms with van der Waals surface area (Å²) in [4.78, 5) is 15.4. The summed E-state index contributed by atoms with van der Waals surface area (Å²) < 4.78 is 0. The zero-order valence-corrected chi connectivity index (χ0v) is 9.93. The molecule has 0 bridgehead atoms. The third-order valence-corrected chi connectivity index (χ3v) is 3.68. The molecule has 0 aliphatic heterocycles.